The first-order valence-electron chi connectivity index (χ1n) is 5.72. The first-order chi connectivity index (χ1) is 9.20. The summed E-state index contributed by atoms with van der Waals surface area (Å²) in [6.07, 6.45) is 1.73. The second-order valence-electron chi connectivity index (χ2n) is 3.94. The maximum atomic E-state index is 8.84. The Bertz CT molecular complexity index is 582. The van der Waals surface area contributed by atoms with Crippen LogP contribution >= 0.6 is 15.9 Å². The Kier molecular flexibility index (Phi) is 4.52. The summed E-state index contributed by atoms with van der Waals surface area (Å²) in [4.78, 5) is 4.24. The average molecular weight is 321 g/mol. The first-order valence-corrected chi connectivity index (χ1v) is 6.51. The third-order valence-electron chi connectivity index (χ3n) is 2.59. The van der Waals surface area contributed by atoms with Gasteiger partial charge in [-0.1, -0.05) is 17.3 Å². The van der Waals surface area contributed by atoms with E-state index in [9.17, 15) is 0 Å². The zero-order valence-corrected chi connectivity index (χ0v) is 12.0. The number of oxime groups is 1. The van der Waals surface area contributed by atoms with Crippen LogP contribution in [0.15, 0.2) is 52.2 Å². The van der Waals surface area contributed by atoms with Gasteiger partial charge in [0.15, 0.2) is 0 Å². The minimum Gasteiger partial charge on any atom is -0.487 e. The van der Waals surface area contributed by atoms with Gasteiger partial charge >= 0.3 is 0 Å². The number of hydrogen-bond acceptors (Lipinski definition) is 4. The summed E-state index contributed by atoms with van der Waals surface area (Å²) in [5.74, 6) is 0.669. The van der Waals surface area contributed by atoms with Crippen LogP contribution in [0.4, 0.5) is 0 Å². The molecule has 4 nitrogen and oxygen atoms in total. The largest absolute Gasteiger partial charge is 0.487 e. The van der Waals surface area contributed by atoms with Gasteiger partial charge in [0.25, 0.3) is 0 Å². The third kappa shape index (κ3) is 3.54. The zero-order chi connectivity index (χ0) is 13.7. The summed E-state index contributed by atoms with van der Waals surface area (Å²) in [7, 11) is 0. The van der Waals surface area contributed by atoms with E-state index >= 15 is 0 Å². The van der Waals surface area contributed by atoms with E-state index in [1.807, 2.05) is 36.4 Å². The number of para-hydroxylation sites is 1. The first kappa shape index (κ1) is 13.5. The van der Waals surface area contributed by atoms with Gasteiger partial charge in [0.2, 0.25) is 0 Å². The molecule has 0 saturated heterocycles. The van der Waals surface area contributed by atoms with Crippen molar-refractivity contribution in [2.45, 2.75) is 13.5 Å². The third-order valence-corrected chi connectivity index (χ3v) is 3.06. The second-order valence-corrected chi connectivity index (χ2v) is 4.85. The Hall–Kier alpha value is -1.88. The molecule has 0 saturated carbocycles. The van der Waals surface area contributed by atoms with Crippen LogP contribution in [-0.2, 0) is 6.61 Å². The molecule has 0 aliphatic rings. The normalized spacial score (nSPS) is 11.4. The number of rotatable bonds is 4. The Balaban J connectivity index is 2.13. The molecule has 0 fully saturated rings. The summed E-state index contributed by atoms with van der Waals surface area (Å²) < 4.78 is 6.65. The molecule has 19 heavy (non-hydrogen) atoms. The van der Waals surface area contributed by atoms with Gasteiger partial charge in [-0.2, -0.15) is 0 Å². The molecule has 1 heterocycles. The second kappa shape index (κ2) is 6.33. The van der Waals surface area contributed by atoms with Gasteiger partial charge in [0.05, 0.1) is 11.4 Å². The molecule has 0 aliphatic carbocycles. The van der Waals surface area contributed by atoms with Gasteiger partial charge < -0.3 is 9.94 Å². The molecule has 1 aromatic carbocycles. The standard InChI is InChI=1S/C14H13BrN2O2/c1-10(17-18)13-4-2-3-5-14(13)19-9-12-7-6-11(15)8-16-12/h2-8,18H,9H2,1H3/b17-10-. The van der Waals surface area contributed by atoms with Crippen LogP contribution in [0.25, 0.3) is 0 Å². The van der Waals surface area contributed by atoms with Gasteiger partial charge in [-0.25, -0.2) is 0 Å². The van der Waals surface area contributed by atoms with Crippen molar-refractivity contribution < 1.29 is 9.94 Å². The number of pyridine rings is 1. The highest BCUT2D eigenvalue weighted by Crippen LogP contribution is 2.20. The van der Waals surface area contributed by atoms with Crippen molar-refractivity contribution >= 4 is 21.6 Å². The van der Waals surface area contributed by atoms with Crippen LogP contribution in [0, 0.1) is 0 Å². The Labute approximate surface area is 119 Å². The highest BCUT2D eigenvalue weighted by Gasteiger charge is 2.07. The van der Waals surface area contributed by atoms with Crippen molar-refractivity contribution in [2.75, 3.05) is 0 Å². The lowest BCUT2D eigenvalue weighted by molar-refractivity contribution is 0.299. The predicted molar refractivity (Wildman–Crippen MR) is 76.7 cm³/mol. The zero-order valence-electron chi connectivity index (χ0n) is 10.4. The lowest BCUT2D eigenvalue weighted by atomic mass is 10.1. The van der Waals surface area contributed by atoms with E-state index in [0.29, 0.717) is 18.1 Å². The molecule has 0 amide bonds. The highest BCUT2D eigenvalue weighted by molar-refractivity contribution is 9.10. The van der Waals surface area contributed by atoms with E-state index < -0.39 is 0 Å². The average Bonchev–Trinajstić information content (AvgIpc) is 2.46. The molecule has 0 spiro atoms. The van der Waals surface area contributed by atoms with Crippen molar-refractivity contribution in [3.8, 4) is 5.75 Å². The summed E-state index contributed by atoms with van der Waals surface area (Å²) in [5, 5.41) is 12.0. The summed E-state index contributed by atoms with van der Waals surface area (Å²) in [6.45, 7) is 2.09. The van der Waals surface area contributed by atoms with E-state index in [1.54, 1.807) is 13.1 Å². The Morgan fingerprint density at radius 3 is 2.79 bits per heavy atom. The maximum absolute atomic E-state index is 8.84. The van der Waals surface area contributed by atoms with E-state index in [-0.39, 0.29) is 0 Å². The van der Waals surface area contributed by atoms with E-state index in [0.717, 1.165) is 15.7 Å². The monoisotopic (exact) mass is 320 g/mol. The number of benzene rings is 1. The molecule has 2 rings (SSSR count). The van der Waals surface area contributed by atoms with Crippen LogP contribution in [0.3, 0.4) is 0 Å². The van der Waals surface area contributed by atoms with Crippen molar-refractivity contribution in [3.05, 3.63) is 58.3 Å². The highest BCUT2D eigenvalue weighted by atomic mass is 79.9. The maximum Gasteiger partial charge on any atom is 0.130 e. The number of nitrogens with zero attached hydrogens (tertiary/aromatic N) is 2. The lowest BCUT2D eigenvalue weighted by Gasteiger charge is -2.10. The molecule has 0 unspecified atom stereocenters. The van der Waals surface area contributed by atoms with Crippen LogP contribution in [0.2, 0.25) is 0 Å². The van der Waals surface area contributed by atoms with Gasteiger partial charge in [-0.3, -0.25) is 4.98 Å². The number of ether oxygens (including phenoxy) is 1. The minimum atomic E-state index is 0.364. The van der Waals surface area contributed by atoms with E-state index in [2.05, 4.69) is 26.1 Å². The molecular formula is C14H13BrN2O2. The molecule has 1 aromatic heterocycles. The topological polar surface area (TPSA) is 54.7 Å². The Morgan fingerprint density at radius 2 is 2.11 bits per heavy atom. The van der Waals surface area contributed by atoms with Crippen molar-refractivity contribution in [1.82, 2.24) is 4.98 Å². The van der Waals surface area contributed by atoms with E-state index in [4.69, 9.17) is 9.94 Å². The fourth-order valence-electron chi connectivity index (χ4n) is 1.59. The van der Waals surface area contributed by atoms with Gasteiger partial charge in [-0.15, -0.1) is 0 Å². The molecule has 0 radical (unpaired) electrons. The SMILES string of the molecule is C/C(=N/O)c1ccccc1OCc1ccc(Br)cn1. The Morgan fingerprint density at radius 1 is 1.32 bits per heavy atom. The van der Waals surface area contributed by atoms with E-state index in [1.165, 1.54) is 0 Å². The molecule has 1 N–H and O–H groups in total. The van der Waals surface area contributed by atoms with Crippen molar-refractivity contribution in [1.29, 1.82) is 0 Å². The summed E-state index contributed by atoms with van der Waals surface area (Å²) in [6, 6.07) is 11.2. The fourth-order valence-corrected chi connectivity index (χ4v) is 1.82. The molecule has 0 atom stereocenters. The number of aromatic nitrogens is 1. The smallest absolute Gasteiger partial charge is 0.130 e. The molecule has 5 heteroatoms. The van der Waals surface area contributed by atoms with Crippen LogP contribution in [-0.4, -0.2) is 15.9 Å². The summed E-state index contributed by atoms with van der Waals surface area (Å²) >= 11 is 3.33. The van der Waals surface area contributed by atoms with Crippen LogP contribution in [0.5, 0.6) is 5.75 Å². The quantitative estimate of drug-likeness (QED) is 0.531. The molecule has 0 bridgehead atoms. The van der Waals surface area contributed by atoms with Gasteiger partial charge in [0.1, 0.15) is 12.4 Å². The van der Waals surface area contributed by atoms with Crippen molar-refractivity contribution in [2.24, 2.45) is 5.16 Å². The minimum absolute atomic E-state index is 0.364. The van der Waals surface area contributed by atoms with Crippen molar-refractivity contribution in [3.63, 3.8) is 0 Å². The fraction of sp³-hybridized carbons (Fsp3) is 0.143. The van der Waals surface area contributed by atoms with Gasteiger partial charge in [-0.05, 0) is 47.1 Å². The predicted octanol–water partition coefficient (Wildman–Crippen LogP) is 3.62. The molecule has 2 aromatic rings. The molecule has 98 valence electrons. The molecular weight excluding hydrogens is 308 g/mol. The van der Waals surface area contributed by atoms with Crippen LogP contribution in [0.1, 0.15) is 18.2 Å². The van der Waals surface area contributed by atoms with Crippen LogP contribution < -0.4 is 4.74 Å². The number of halogens is 1. The molecule has 0 aliphatic heterocycles. The summed E-state index contributed by atoms with van der Waals surface area (Å²) in [5.41, 5.74) is 2.11. The van der Waals surface area contributed by atoms with Gasteiger partial charge in [0, 0.05) is 16.2 Å². The lowest BCUT2D eigenvalue weighted by Crippen LogP contribution is -2.03. The number of hydrogen-bond donors (Lipinski definition) is 1.